The third-order valence-corrected chi connectivity index (χ3v) is 1.58. The van der Waals surface area contributed by atoms with Gasteiger partial charge in [0.05, 0.1) is 0 Å². The van der Waals surface area contributed by atoms with Crippen LogP contribution in [0.5, 0.6) is 0 Å². The van der Waals surface area contributed by atoms with E-state index in [2.05, 4.69) is 19.1 Å². The Morgan fingerprint density at radius 2 is 2.45 bits per heavy atom. The molecule has 0 radical (unpaired) electrons. The Kier molecular flexibility index (Phi) is 2.62. The van der Waals surface area contributed by atoms with Gasteiger partial charge in [-0.3, -0.25) is 0 Å². The highest BCUT2D eigenvalue weighted by atomic mass is 14.9. The van der Waals surface area contributed by atoms with E-state index in [-0.39, 0.29) is 0 Å². The van der Waals surface area contributed by atoms with E-state index < -0.39 is 0 Å². The first-order chi connectivity index (χ1) is 5.36. The lowest BCUT2D eigenvalue weighted by molar-refractivity contribution is -0.685. The Bertz CT molecular complexity index is 273. The number of nitriles is 1. The molecule has 0 aliphatic heterocycles. The van der Waals surface area contributed by atoms with Gasteiger partial charge in [0.1, 0.15) is 6.07 Å². The van der Waals surface area contributed by atoms with Crippen LogP contribution < -0.4 is 4.57 Å². The van der Waals surface area contributed by atoms with Gasteiger partial charge in [-0.15, -0.1) is 0 Å². The first-order valence-electron chi connectivity index (χ1n) is 3.71. The summed E-state index contributed by atoms with van der Waals surface area (Å²) in [5, 5.41) is 8.41. The Labute approximate surface area is 66.7 Å². The van der Waals surface area contributed by atoms with Gasteiger partial charge < -0.3 is 0 Å². The zero-order valence-electron chi connectivity index (χ0n) is 6.62. The van der Waals surface area contributed by atoms with E-state index in [0.29, 0.717) is 6.54 Å². The normalized spacial score (nSPS) is 9.09. The summed E-state index contributed by atoms with van der Waals surface area (Å²) in [5.41, 5.74) is 1.27. The van der Waals surface area contributed by atoms with Crippen LogP contribution in [-0.4, -0.2) is 0 Å². The Hall–Kier alpha value is -1.36. The largest absolute Gasteiger partial charge is 0.233 e. The number of aromatic nitrogens is 1. The Morgan fingerprint density at radius 3 is 3.09 bits per heavy atom. The van der Waals surface area contributed by atoms with Crippen molar-refractivity contribution in [3.8, 4) is 6.07 Å². The highest BCUT2D eigenvalue weighted by Crippen LogP contribution is 1.93. The number of hydrogen-bond acceptors (Lipinski definition) is 1. The molecule has 2 nitrogen and oxygen atoms in total. The zero-order chi connectivity index (χ0) is 8.10. The number of aryl methyl sites for hydroxylation is 1. The smallest absolute Gasteiger partial charge is 0.191 e. The van der Waals surface area contributed by atoms with E-state index >= 15 is 0 Å². The molecule has 0 saturated heterocycles. The molecule has 1 rings (SSSR count). The summed E-state index contributed by atoms with van der Waals surface area (Å²) >= 11 is 0. The summed E-state index contributed by atoms with van der Waals surface area (Å²) in [6.07, 6.45) is 4.93. The van der Waals surface area contributed by atoms with Gasteiger partial charge in [-0.1, -0.05) is 6.92 Å². The summed E-state index contributed by atoms with van der Waals surface area (Å²) in [6.45, 7) is 2.54. The fraction of sp³-hybridized carbons (Fsp3) is 0.333. The molecule has 0 aromatic carbocycles. The minimum absolute atomic E-state index is 0.438. The van der Waals surface area contributed by atoms with Crippen molar-refractivity contribution in [2.75, 3.05) is 0 Å². The van der Waals surface area contributed by atoms with Crippen LogP contribution >= 0.6 is 0 Å². The molecule has 0 fully saturated rings. The molecule has 11 heavy (non-hydrogen) atoms. The van der Waals surface area contributed by atoms with E-state index in [1.807, 2.05) is 23.0 Å². The van der Waals surface area contributed by atoms with Gasteiger partial charge in [0.25, 0.3) is 0 Å². The van der Waals surface area contributed by atoms with Crippen LogP contribution in [0.4, 0.5) is 0 Å². The molecule has 56 valence electrons. The summed E-state index contributed by atoms with van der Waals surface area (Å²) in [5.74, 6) is 0. The first kappa shape index (κ1) is 7.74. The summed E-state index contributed by atoms with van der Waals surface area (Å²) in [7, 11) is 0. The zero-order valence-corrected chi connectivity index (χ0v) is 6.62. The van der Waals surface area contributed by atoms with E-state index in [1.54, 1.807) is 0 Å². The van der Waals surface area contributed by atoms with E-state index in [1.165, 1.54) is 5.56 Å². The average Bonchev–Trinajstić information content (AvgIpc) is 2.06. The summed E-state index contributed by atoms with van der Waals surface area (Å²) in [4.78, 5) is 0. The van der Waals surface area contributed by atoms with Gasteiger partial charge in [-0.25, -0.2) is 0 Å². The fourth-order valence-electron chi connectivity index (χ4n) is 0.965. The number of rotatable bonds is 2. The van der Waals surface area contributed by atoms with Gasteiger partial charge in [0, 0.05) is 11.6 Å². The van der Waals surface area contributed by atoms with Crippen molar-refractivity contribution in [1.29, 1.82) is 5.26 Å². The molecule has 1 heterocycles. The lowest BCUT2D eigenvalue weighted by Crippen LogP contribution is -2.32. The van der Waals surface area contributed by atoms with Crippen molar-refractivity contribution in [2.45, 2.75) is 19.9 Å². The molecule has 1 aromatic heterocycles. The van der Waals surface area contributed by atoms with E-state index in [0.717, 1.165) is 6.42 Å². The highest BCUT2D eigenvalue weighted by Gasteiger charge is 1.98. The fourth-order valence-corrected chi connectivity index (χ4v) is 0.965. The van der Waals surface area contributed by atoms with Crippen molar-refractivity contribution in [1.82, 2.24) is 0 Å². The van der Waals surface area contributed by atoms with E-state index in [9.17, 15) is 0 Å². The maximum Gasteiger partial charge on any atom is 0.233 e. The van der Waals surface area contributed by atoms with Crippen molar-refractivity contribution >= 4 is 0 Å². The summed E-state index contributed by atoms with van der Waals surface area (Å²) in [6, 6.07) is 6.13. The molecular weight excluding hydrogens is 136 g/mol. The monoisotopic (exact) mass is 147 g/mol. The van der Waals surface area contributed by atoms with Crippen molar-refractivity contribution in [3.05, 3.63) is 30.1 Å². The van der Waals surface area contributed by atoms with E-state index in [4.69, 9.17) is 5.26 Å². The molecule has 0 saturated carbocycles. The molecular formula is C9H11N2+. The van der Waals surface area contributed by atoms with Crippen LogP contribution in [0, 0.1) is 11.3 Å². The first-order valence-corrected chi connectivity index (χ1v) is 3.71. The third-order valence-electron chi connectivity index (χ3n) is 1.58. The van der Waals surface area contributed by atoms with Crippen LogP contribution in [0.15, 0.2) is 24.5 Å². The molecule has 0 aliphatic rings. The second-order valence-corrected chi connectivity index (χ2v) is 2.40. The third kappa shape index (κ3) is 2.05. The minimum atomic E-state index is 0.438. The molecule has 0 atom stereocenters. The molecule has 0 spiro atoms. The van der Waals surface area contributed by atoms with Crippen LogP contribution in [0.1, 0.15) is 12.5 Å². The quantitative estimate of drug-likeness (QED) is 0.575. The van der Waals surface area contributed by atoms with Crippen molar-refractivity contribution < 1.29 is 4.57 Å². The van der Waals surface area contributed by atoms with Crippen LogP contribution in [0.3, 0.4) is 0 Å². The standard InChI is InChI=1S/C9H11N2/c1-2-9-4-3-6-11(8-9)7-5-10/h3-4,6,8H,2,7H2,1H3/q+1. The van der Waals surface area contributed by atoms with Crippen LogP contribution in [0.25, 0.3) is 0 Å². The van der Waals surface area contributed by atoms with Crippen molar-refractivity contribution in [3.63, 3.8) is 0 Å². The summed E-state index contributed by atoms with van der Waals surface area (Å²) < 4.78 is 1.89. The van der Waals surface area contributed by atoms with Crippen LogP contribution in [0.2, 0.25) is 0 Å². The molecule has 0 amide bonds. The molecule has 1 aromatic rings. The Morgan fingerprint density at radius 1 is 1.64 bits per heavy atom. The van der Waals surface area contributed by atoms with Gasteiger partial charge in [-0.05, 0) is 12.5 Å². The predicted octanol–water partition coefficient (Wildman–Crippen LogP) is 1.06. The Balaban J connectivity index is 2.84. The second-order valence-electron chi connectivity index (χ2n) is 2.40. The maximum absolute atomic E-state index is 8.41. The lowest BCUT2D eigenvalue weighted by Gasteiger charge is -1.92. The molecule has 0 aliphatic carbocycles. The van der Waals surface area contributed by atoms with Gasteiger partial charge in [0.2, 0.25) is 6.54 Å². The topological polar surface area (TPSA) is 27.7 Å². The molecule has 0 bridgehead atoms. The lowest BCUT2D eigenvalue weighted by atomic mass is 10.2. The minimum Gasteiger partial charge on any atom is -0.191 e. The van der Waals surface area contributed by atoms with Crippen LogP contribution in [-0.2, 0) is 13.0 Å². The molecule has 0 unspecified atom stereocenters. The second kappa shape index (κ2) is 3.72. The molecule has 2 heteroatoms. The average molecular weight is 147 g/mol. The maximum atomic E-state index is 8.41. The molecule has 0 N–H and O–H groups in total. The van der Waals surface area contributed by atoms with Gasteiger partial charge >= 0.3 is 0 Å². The number of nitrogens with zero attached hydrogens (tertiary/aromatic N) is 2. The van der Waals surface area contributed by atoms with Gasteiger partial charge in [0.15, 0.2) is 12.4 Å². The van der Waals surface area contributed by atoms with Gasteiger partial charge in [-0.2, -0.15) is 9.83 Å². The SMILES string of the molecule is CCc1ccc[n+](CC#N)c1. The highest BCUT2D eigenvalue weighted by molar-refractivity contribution is 5.04. The predicted molar refractivity (Wildman–Crippen MR) is 41.6 cm³/mol. The number of pyridine rings is 1. The number of hydrogen-bond donors (Lipinski definition) is 0. The van der Waals surface area contributed by atoms with Crippen molar-refractivity contribution in [2.24, 2.45) is 0 Å².